The number of imidazole rings is 1. The molecule has 1 unspecified atom stereocenters. The topological polar surface area (TPSA) is 29.0 Å². The third-order valence-electron chi connectivity index (χ3n) is 1.22. The number of rotatable bonds is 1. The maximum absolute atomic E-state index is 8.99. The van der Waals surface area contributed by atoms with E-state index in [9.17, 15) is 0 Å². The first-order valence-corrected chi connectivity index (χ1v) is 5.53. The Hall–Kier alpha value is 0.395. The highest BCUT2D eigenvalue weighted by atomic mass is 35.6. The monoisotopic (exact) mass is 278 g/mol. The summed E-state index contributed by atoms with van der Waals surface area (Å²) in [5.41, 5.74) is 0. The lowest BCUT2D eigenvalue weighted by atomic mass is 10.6. The van der Waals surface area contributed by atoms with Gasteiger partial charge in [-0.2, -0.15) is 0 Å². The molecule has 0 aliphatic rings. The molecule has 0 aliphatic heterocycles. The molecule has 0 saturated heterocycles. The van der Waals surface area contributed by atoms with E-state index in [0.29, 0.717) is 0 Å². The van der Waals surface area contributed by atoms with Gasteiger partial charge in [-0.3, -0.25) is 0 Å². The molecule has 1 N–H and O–H groups in total. The number of hydrogen-bond acceptors (Lipinski definition) is 1. The Balaban J connectivity index is 0.000000292. The van der Waals surface area contributed by atoms with E-state index < -0.39 is 10.0 Å². The number of hydrogen-bond donors (Lipinski definition) is 1. The Kier molecular flexibility index (Phi) is 6.25. The van der Waals surface area contributed by atoms with E-state index in [0.717, 1.165) is 0 Å². The van der Waals surface area contributed by atoms with Gasteiger partial charge in [0.1, 0.15) is 12.4 Å². The molecule has 1 heterocycles. The van der Waals surface area contributed by atoms with Crippen LogP contribution in [0.15, 0.2) is 18.7 Å². The van der Waals surface area contributed by atoms with Crippen molar-refractivity contribution in [1.82, 2.24) is 4.57 Å². The predicted molar refractivity (Wildman–Crippen MR) is 61.7 cm³/mol. The maximum Gasteiger partial charge on any atom is 0.328 e. The molecule has 1 rings (SSSR count). The van der Waals surface area contributed by atoms with Gasteiger partial charge in [-0.15, -0.1) is 0 Å². The molecular formula is C6H11BCl4N2O. The lowest BCUT2D eigenvalue weighted by molar-refractivity contribution is -0.671. The van der Waals surface area contributed by atoms with E-state index in [4.69, 9.17) is 50.9 Å². The van der Waals surface area contributed by atoms with E-state index in [-0.39, 0.29) is 0 Å². The summed E-state index contributed by atoms with van der Waals surface area (Å²) in [5.74, 6) is 0. The predicted octanol–water partition coefficient (Wildman–Crippen LogP) is 2.20. The molecule has 0 bridgehead atoms. The van der Waals surface area contributed by atoms with E-state index in [1.807, 2.05) is 30.3 Å². The molecule has 3 nitrogen and oxygen atoms in total. The molecule has 0 amide bonds. The highest BCUT2D eigenvalue weighted by Crippen LogP contribution is 2.23. The second kappa shape index (κ2) is 6.08. The van der Waals surface area contributed by atoms with Crippen LogP contribution in [0.3, 0.4) is 0 Å². The summed E-state index contributed by atoms with van der Waals surface area (Å²) in [6, 6.07) is 0. The standard InChI is InChI=1S/C6H11N2O.BCl4/c1-6(9)8-4-3-7(2)5-8;2-1(3,4)5/h3-6,9H,1-2H3;/q+1;-1. The summed E-state index contributed by atoms with van der Waals surface area (Å²) < 4.78 is 1.49. The van der Waals surface area contributed by atoms with Crippen molar-refractivity contribution in [3.8, 4) is 0 Å². The van der Waals surface area contributed by atoms with Gasteiger partial charge in [-0.25, -0.2) is 9.13 Å². The van der Waals surface area contributed by atoms with E-state index in [2.05, 4.69) is 0 Å². The molecular weight excluding hydrogens is 269 g/mol. The van der Waals surface area contributed by atoms with Crippen LogP contribution in [-0.4, -0.2) is 13.5 Å². The number of nitrogens with zero attached hydrogens (tertiary/aromatic N) is 2. The molecule has 14 heavy (non-hydrogen) atoms. The fourth-order valence-electron chi connectivity index (χ4n) is 0.690. The molecule has 1 aromatic rings. The largest absolute Gasteiger partial charge is 0.355 e. The minimum Gasteiger partial charge on any atom is -0.355 e. The third-order valence-corrected chi connectivity index (χ3v) is 1.22. The Labute approximate surface area is 103 Å². The van der Waals surface area contributed by atoms with Crippen molar-refractivity contribution in [2.24, 2.45) is 7.05 Å². The number of halogens is 4. The van der Waals surface area contributed by atoms with Crippen LogP contribution in [0.4, 0.5) is 0 Å². The molecule has 0 radical (unpaired) electrons. The van der Waals surface area contributed by atoms with E-state index in [1.165, 1.54) is 0 Å². The Bertz CT molecular complexity index is 267. The van der Waals surface area contributed by atoms with Gasteiger partial charge >= 0.3 is 3.81 Å². The zero-order valence-corrected chi connectivity index (χ0v) is 10.8. The second-order valence-corrected chi connectivity index (χ2v) is 6.61. The molecule has 0 aromatic carbocycles. The zero-order chi connectivity index (χ0) is 11.4. The van der Waals surface area contributed by atoms with Crippen LogP contribution in [0.25, 0.3) is 0 Å². The van der Waals surface area contributed by atoms with Gasteiger partial charge in [0.05, 0.1) is 7.05 Å². The average molecular weight is 280 g/mol. The summed E-state index contributed by atoms with van der Waals surface area (Å²) in [6.45, 7) is 1.72. The molecule has 8 heteroatoms. The molecule has 1 aromatic heterocycles. The number of aromatic nitrogens is 2. The van der Waals surface area contributed by atoms with Gasteiger partial charge in [0, 0.05) is 6.92 Å². The molecule has 0 saturated carbocycles. The quantitative estimate of drug-likeness (QED) is 0.620. The molecule has 0 aliphatic carbocycles. The van der Waals surface area contributed by atoms with Crippen molar-refractivity contribution in [3.05, 3.63) is 18.7 Å². The first-order chi connectivity index (χ1) is 6.20. The average Bonchev–Trinajstić information content (AvgIpc) is 2.31. The maximum atomic E-state index is 8.99. The van der Waals surface area contributed by atoms with Gasteiger partial charge in [0.2, 0.25) is 6.33 Å². The Morgan fingerprint density at radius 1 is 1.36 bits per heavy atom. The fraction of sp³-hybridized carbons (Fsp3) is 0.500. The Morgan fingerprint density at radius 3 is 1.93 bits per heavy atom. The Morgan fingerprint density at radius 2 is 1.79 bits per heavy atom. The number of aliphatic hydroxyl groups excluding tert-OH is 1. The van der Waals surface area contributed by atoms with Gasteiger partial charge in [-0.1, -0.05) is 0 Å². The number of aliphatic hydroxyl groups is 1. The normalized spacial score (nSPS) is 13.1. The second-order valence-electron chi connectivity index (χ2n) is 2.65. The van der Waals surface area contributed by atoms with Crippen molar-refractivity contribution >= 4 is 49.6 Å². The molecule has 0 fully saturated rings. The molecule has 0 spiro atoms. The summed E-state index contributed by atoms with van der Waals surface area (Å²) >= 11 is 19.6. The van der Waals surface area contributed by atoms with Crippen LogP contribution in [0, 0.1) is 0 Å². The van der Waals surface area contributed by atoms with Crippen molar-refractivity contribution < 1.29 is 9.67 Å². The smallest absolute Gasteiger partial charge is 0.328 e. The molecule has 82 valence electrons. The van der Waals surface area contributed by atoms with Gasteiger partial charge < -0.3 is 50.9 Å². The highest BCUT2D eigenvalue weighted by molar-refractivity contribution is 7.81. The fourth-order valence-corrected chi connectivity index (χ4v) is 0.690. The SMILES string of the molecule is CC(O)n1cc[n+](C)c1.Cl[B-](Cl)(Cl)Cl. The minimum atomic E-state index is -2.11. The van der Waals surface area contributed by atoms with Crippen LogP contribution in [-0.2, 0) is 7.05 Å². The lowest BCUT2D eigenvalue weighted by Gasteiger charge is -2.03. The van der Waals surface area contributed by atoms with Crippen molar-refractivity contribution in [3.63, 3.8) is 0 Å². The summed E-state index contributed by atoms with van der Waals surface area (Å²) in [5, 5.41) is 8.99. The van der Waals surface area contributed by atoms with Crippen molar-refractivity contribution in [2.45, 2.75) is 13.2 Å². The number of aryl methyl sites for hydroxylation is 1. The van der Waals surface area contributed by atoms with Gasteiger partial charge in [0.25, 0.3) is 0 Å². The van der Waals surface area contributed by atoms with Crippen molar-refractivity contribution in [2.75, 3.05) is 0 Å². The lowest BCUT2D eigenvalue weighted by Crippen LogP contribution is -2.24. The van der Waals surface area contributed by atoms with Crippen LogP contribution in [0.1, 0.15) is 13.2 Å². The summed E-state index contributed by atoms with van der Waals surface area (Å²) in [7, 11) is 1.92. The van der Waals surface area contributed by atoms with Crippen LogP contribution >= 0.6 is 45.8 Å². The minimum absolute atomic E-state index is 0.425. The van der Waals surface area contributed by atoms with E-state index in [1.54, 1.807) is 11.5 Å². The summed E-state index contributed by atoms with van der Waals surface area (Å²) in [6.07, 6.45) is 5.10. The van der Waals surface area contributed by atoms with Crippen LogP contribution in [0.5, 0.6) is 0 Å². The first kappa shape index (κ1) is 14.4. The van der Waals surface area contributed by atoms with Gasteiger partial charge in [0.15, 0.2) is 6.23 Å². The van der Waals surface area contributed by atoms with E-state index >= 15 is 0 Å². The van der Waals surface area contributed by atoms with Crippen LogP contribution in [0.2, 0.25) is 0 Å². The summed E-state index contributed by atoms with van der Waals surface area (Å²) in [4.78, 5) is 0. The van der Waals surface area contributed by atoms with Gasteiger partial charge in [-0.05, 0) is 0 Å². The molecule has 1 atom stereocenters. The first-order valence-electron chi connectivity index (χ1n) is 3.78. The van der Waals surface area contributed by atoms with Crippen LogP contribution < -0.4 is 4.57 Å². The van der Waals surface area contributed by atoms with Crippen molar-refractivity contribution in [1.29, 1.82) is 0 Å². The third kappa shape index (κ3) is 8.97. The highest BCUT2D eigenvalue weighted by Gasteiger charge is 2.03. The zero-order valence-electron chi connectivity index (χ0n) is 7.74.